The molecule has 0 saturated heterocycles. The number of hydrogen-bond donors (Lipinski definition) is 1. The van der Waals surface area contributed by atoms with Crippen LogP contribution in [-0.4, -0.2) is 39.5 Å². The molecule has 0 saturated carbocycles. The van der Waals surface area contributed by atoms with Crippen LogP contribution in [0, 0.1) is 11.7 Å². The number of ether oxygens (including phenoxy) is 1. The summed E-state index contributed by atoms with van der Waals surface area (Å²) in [5.74, 6) is -0.458. The van der Waals surface area contributed by atoms with Crippen molar-refractivity contribution in [2.45, 2.75) is 18.7 Å². The van der Waals surface area contributed by atoms with Gasteiger partial charge in [-0.25, -0.2) is 12.8 Å². The lowest BCUT2D eigenvalue weighted by atomic mass is 10.2. The predicted octanol–water partition coefficient (Wildman–Crippen LogP) is 2.46. The summed E-state index contributed by atoms with van der Waals surface area (Å²) in [7, 11) is -2.30. The largest absolute Gasteiger partial charge is 0.398 e. The normalized spacial score (nSPS) is 12.3. The molecule has 0 spiro atoms. The predicted molar refractivity (Wildman–Crippen MR) is 84.0 cm³/mol. The first-order valence-corrected chi connectivity index (χ1v) is 8.67. The first-order chi connectivity index (χ1) is 9.70. The van der Waals surface area contributed by atoms with Gasteiger partial charge in [-0.05, 0) is 34.0 Å². The number of sulfonamides is 1. The first-order valence-electron chi connectivity index (χ1n) is 6.43. The van der Waals surface area contributed by atoms with Crippen LogP contribution < -0.4 is 5.73 Å². The molecule has 0 atom stereocenters. The van der Waals surface area contributed by atoms with Gasteiger partial charge in [-0.1, -0.05) is 13.8 Å². The second-order valence-electron chi connectivity index (χ2n) is 5.05. The highest BCUT2D eigenvalue weighted by Gasteiger charge is 2.28. The Morgan fingerprint density at radius 2 is 2.05 bits per heavy atom. The molecule has 1 aromatic rings. The third-order valence-corrected chi connectivity index (χ3v) is 5.31. The quantitative estimate of drug-likeness (QED) is 0.735. The molecule has 8 heteroatoms. The molecule has 0 heterocycles. The van der Waals surface area contributed by atoms with Crippen LogP contribution in [0.2, 0.25) is 0 Å². The second-order valence-corrected chi connectivity index (χ2v) is 7.81. The number of rotatable bonds is 7. The van der Waals surface area contributed by atoms with Gasteiger partial charge in [-0.15, -0.1) is 0 Å². The van der Waals surface area contributed by atoms with Crippen LogP contribution in [-0.2, 0) is 14.8 Å². The lowest BCUT2D eigenvalue weighted by Crippen LogP contribution is -2.37. The Morgan fingerprint density at radius 3 is 2.57 bits per heavy atom. The van der Waals surface area contributed by atoms with E-state index >= 15 is 0 Å². The molecule has 5 nitrogen and oxygen atoms in total. The van der Waals surface area contributed by atoms with E-state index in [0.717, 1.165) is 6.07 Å². The highest BCUT2D eigenvalue weighted by atomic mass is 79.9. The van der Waals surface area contributed by atoms with Crippen LogP contribution in [0.1, 0.15) is 13.8 Å². The number of benzene rings is 1. The van der Waals surface area contributed by atoms with Crippen molar-refractivity contribution in [3.8, 4) is 0 Å². The Kier molecular flexibility index (Phi) is 6.58. The molecule has 0 aliphatic rings. The van der Waals surface area contributed by atoms with E-state index in [-0.39, 0.29) is 34.1 Å². The minimum atomic E-state index is -3.81. The van der Waals surface area contributed by atoms with E-state index in [1.54, 1.807) is 0 Å². The summed E-state index contributed by atoms with van der Waals surface area (Å²) in [5, 5.41) is 0. The lowest BCUT2D eigenvalue weighted by molar-refractivity contribution is 0.175. The zero-order valence-electron chi connectivity index (χ0n) is 12.3. The van der Waals surface area contributed by atoms with Crippen molar-refractivity contribution < 1.29 is 17.5 Å². The molecule has 120 valence electrons. The number of nitrogen functional groups attached to an aromatic ring is 1. The molecular weight excluding hydrogens is 363 g/mol. The van der Waals surface area contributed by atoms with Crippen molar-refractivity contribution in [1.82, 2.24) is 4.31 Å². The van der Waals surface area contributed by atoms with E-state index in [9.17, 15) is 12.8 Å². The molecule has 0 aliphatic heterocycles. The molecule has 21 heavy (non-hydrogen) atoms. The van der Waals surface area contributed by atoms with Crippen molar-refractivity contribution in [3.63, 3.8) is 0 Å². The number of nitrogens with zero attached hydrogens (tertiary/aromatic N) is 1. The molecule has 0 amide bonds. The van der Waals surface area contributed by atoms with E-state index in [2.05, 4.69) is 15.9 Å². The monoisotopic (exact) mass is 382 g/mol. The zero-order chi connectivity index (χ0) is 16.2. The number of methoxy groups -OCH3 is 1. The van der Waals surface area contributed by atoms with Gasteiger partial charge in [0.1, 0.15) is 10.7 Å². The Morgan fingerprint density at radius 1 is 1.43 bits per heavy atom. The number of nitrogens with two attached hydrogens (primary N) is 1. The second kappa shape index (κ2) is 7.53. The van der Waals surface area contributed by atoms with Crippen molar-refractivity contribution in [2.24, 2.45) is 5.92 Å². The van der Waals surface area contributed by atoms with E-state index in [1.807, 2.05) is 13.8 Å². The third-order valence-electron chi connectivity index (χ3n) is 2.78. The van der Waals surface area contributed by atoms with Gasteiger partial charge in [0.05, 0.1) is 16.8 Å². The van der Waals surface area contributed by atoms with Gasteiger partial charge in [0, 0.05) is 20.2 Å². The molecule has 0 aromatic heterocycles. The standard InChI is InChI=1S/C13H20BrFN2O3S/c1-9(2)8-17(4-5-20-3)21(18,19)13-6-10(14)11(15)7-12(13)16/h6-7,9H,4-5,8,16H2,1-3H3. The molecule has 1 rings (SSSR count). The van der Waals surface area contributed by atoms with Gasteiger partial charge in [-0.2, -0.15) is 4.31 Å². The maximum atomic E-state index is 13.4. The fourth-order valence-electron chi connectivity index (χ4n) is 1.82. The summed E-state index contributed by atoms with van der Waals surface area (Å²) in [4.78, 5) is -0.104. The van der Waals surface area contributed by atoms with E-state index in [0.29, 0.717) is 6.54 Å². The van der Waals surface area contributed by atoms with Gasteiger partial charge >= 0.3 is 0 Å². The highest BCUT2D eigenvalue weighted by molar-refractivity contribution is 9.10. The summed E-state index contributed by atoms with van der Waals surface area (Å²) in [6.07, 6.45) is 0. The molecule has 0 unspecified atom stereocenters. The Balaban J connectivity index is 3.24. The van der Waals surface area contributed by atoms with Gasteiger partial charge in [0.25, 0.3) is 0 Å². The van der Waals surface area contributed by atoms with E-state index in [1.165, 1.54) is 17.5 Å². The smallest absolute Gasteiger partial charge is 0.245 e. The summed E-state index contributed by atoms with van der Waals surface area (Å²) < 4.78 is 45.1. The van der Waals surface area contributed by atoms with E-state index < -0.39 is 15.8 Å². The summed E-state index contributed by atoms with van der Waals surface area (Å²) >= 11 is 2.99. The van der Waals surface area contributed by atoms with Crippen LogP contribution in [0.5, 0.6) is 0 Å². The average molecular weight is 383 g/mol. The van der Waals surface area contributed by atoms with E-state index in [4.69, 9.17) is 10.5 Å². The van der Waals surface area contributed by atoms with Crippen molar-refractivity contribution >= 4 is 31.6 Å². The SMILES string of the molecule is COCCN(CC(C)C)S(=O)(=O)c1cc(Br)c(F)cc1N. The summed E-state index contributed by atoms with van der Waals surface area (Å²) in [6.45, 7) is 4.65. The molecule has 0 radical (unpaired) electrons. The number of hydrogen-bond acceptors (Lipinski definition) is 4. The van der Waals surface area contributed by atoms with Gasteiger partial charge in [0.15, 0.2) is 0 Å². The van der Waals surface area contributed by atoms with Crippen LogP contribution in [0.4, 0.5) is 10.1 Å². The molecule has 2 N–H and O–H groups in total. The van der Waals surface area contributed by atoms with Crippen molar-refractivity contribution in [1.29, 1.82) is 0 Å². The van der Waals surface area contributed by atoms with Gasteiger partial charge < -0.3 is 10.5 Å². The molecule has 0 fully saturated rings. The van der Waals surface area contributed by atoms with Crippen LogP contribution >= 0.6 is 15.9 Å². The molecule has 0 aliphatic carbocycles. The molecule has 0 bridgehead atoms. The molecule has 1 aromatic carbocycles. The minimum Gasteiger partial charge on any atom is -0.398 e. The van der Waals surface area contributed by atoms with Gasteiger partial charge in [-0.3, -0.25) is 0 Å². The number of halogens is 2. The van der Waals surface area contributed by atoms with Crippen molar-refractivity contribution in [3.05, 3.63) is 22.4 Å². The first kappa shape index (κ1) is 18.3. The molecular formula is C13H20BrFN2O3S. The third kappa shape index (κ3) is 4.64. The topological polar surface area (TPSA) is 72.6 Å². The van der Waals surface area contributed by atoms with Crippen LogP contribution in [0.3, 0.4) is 0 Å². The van der Waals surface area contributed by atoms with Crippen molar-refractivity contribution in [2.75, 3.05) is 32.5 Å². The fourth-order valence-corrected chi connectivity index (χ4v) is 4.02. The van der Waals surface area contributed by atoms with Crippen LogP contribution in [0.15, 0.2) is 21.5 Å². The van der Waals surface area contributed by atoms with Crippen LogP contribution in [0.25, 0.3) is 0 Å². The lowest BCUT2D eigenvalue weighted by Gasteiger charge is -2.24. The zero-order valence-corrected chi connectivity index (χ0v) is 14.7. The average Bonchev–Trinajstić information content (AvgIpc) is 2.38. The Hall–Kier alpha value is -0.700. The Bertz CT molecular complexity index is 593. The maximum absolute atomic E-state index is 13.4. The number of anilines is 1. The maximum Gasteiger partial charge on any atom is 0.245 e. The Labute approximate surface area is 133 Å². The van der Waals surface area contributed by atoms with Gasteiger partial charge in [0.2, 0.25) is 10.0 Å². The minimum absolute atomic E-state index is 0.0616. The summed E-state index contributed by atoms with van der Waals surface area (Å²) in [5.41, 5.74) is 5.57. The summed E-state index contributed by atoms with van der Waals surface area (Å²) in [6, 6.07) is 2.20. The highest BCUT2D eigenvalue weighted by Crippen LogP contribution is 2.28. The fraction of sp³-hybridized carbons (Fsp3) is 0.538.